The lowest BCUT2D eigenvalue weighted by Gasteiger charge is -2.13. The van der Waals surface area contributed by atoms with E-state index in [9.17, 15) is 4.79 Å². The van der Waals surface area contributed by atoms with E-state index in [2.05, 4.69) is 40.0 Å². The molecule has 0 heterocycles. The molecule has 5 nitrogen and oxygen atoms in total. The molecule has 0 aliphatic carbocycles. The second-order valence-corrected chi connectivity index (χ2v) is 6.51. The molecule has 2 aromatic rings. The van der Waals surface area contributed by atoms with Crippen LogP contribution in [-0.2, 0) is 13.1 Å². The molecule has 5 heteroatoms. The minimum atomic E-state index is -0.0263. The summed E-state index contributed by atoms with van der Waals surface area (Å²) in [5.41, 5.74) is 2.95. The minimum absolute atomic E-state index is 0.0263. The summed E-state index contributed by atoms with van der Waals surface area (Å²) in [5.74, 6) is 0.751. The lowest BCUT2D eigenvalue weighted by atomic mass is 10.1. The molecular formula is C22H30N4O. The number of nitrogens with zero attached hydrogens (tertiary/aromatic N) is 1. The maximum Gasteiger partial charge on any atom is 0.251 e. The minimum Gasteiger partial charge on any atom is -0.357 e. The Morgan fingerprint density at radius 2 is 1.67 bits per heavy atom. The lowest BCUT2D eigenvalue weighted by Crippen LogP contribution is -2.36. The van der Waals surface area contributed by atoms with Crippen molar-refractivity contribution < 1.29 is 4.79 Å². The molecule has 0 bridgehead atoms. The second-order valence-electron chi connectivity index (χ2n) is 6.51. The summed E-state index contributed by atoms with van der Waals surface area (Å²) in [5, 5.41) is 9.57. The first-order valence-corrected chi connectivity index (χ1v) is 9.58. The summed E-state index contributed by atoms with van der Waals surface area (Å²) in [6.07, 6.45) is 0.920. The predicted octanol–water partition coefficient (Wildman–Crippen LogP) is 3.47. The molecule has 0 saturated heterocycles. The number of nitrogens with one attached hydrogen (secondary N) is 3. The largest absolute Gasteiger partial charge is 0.357 e. The van der Waals surface area contributed by atoms with Crippen LogP contribution in [0.3, 0.4) is 0 Å². The molecule has 2 aromatic carbocycles. The molecule has 0 fully saturated rings. The van der Waals surface area contributed by atoms with Crippen molar-refractivity contribution in [1.29, 1.82) is 0 Å². The molecule has 1 atom stereocenters. The molecule has 144 valence electrons. The van der Waals surface area contributed by atoms with Crippen molar-refractivity contribution in [2.45, 2.75) is 46.3 Å². The molecule has 0 aromatic heterocycles. The zero-order valence-corrected chi connectivity index (χ0v) is 16.5. The van der Waals surface area contributed by atoms with E-state index in [-0.39, 0.29) is 11.9 Å². The van der Waals surface area contributed by atoms with Crippen LogP contribution in [0.25, 0.3) is 0 Å². The molecule has 0 spiro atoms. The van der Waals surface area contributed by atoms with Gasteiger partial charge in [-0.15, -0.1) is 0 Å². The van der Waals surface area contributed by atoms with Gasteiger partial charge in [-0.1, -0.05) is 49.4 Å². The summed E-state index contributed by atoms with van der Waals surface area (Å²) in [4.78, 5) is 16.8. The van der Waals surface area contributed by atoms with Crippen molar-refractivity contribution in [2.75, 3.05) is 6.54 Å². The maximum atomic E-state index is 12.1. The molecular weight excluding hydrogens is 336 g/mol. The van der Waals surface area contributed by atoms with Gasteiger partial charge in [-0.25, -0.2) is 4.99 Å². The average Bonchev–Trinajstić information content (AvgIpc) is 2.71. The Labute approximate surface area is 162 Å². The Morgan fingerprint density at radius 3 is 2.30 bits per heavy atom. The number of carbonyl (C=O) groups is 1. The zero-order valence-electron chi connectivity index (χ0n) is 16.5. The van der Waals surface area contributed by atoms with Crippen molar-refractivity contribution in [3.05, 3.63) is 71.3 Å². The predicted molar refractivity (Wildman–Crippen MR) is 112 cm³/mol. The van der Waals surface area contributed by atoms with Crippen LogP contribution in [0.4, 0.5) is 0 Å². The Kier molecular flexibility index (Phi) is 8.36. The third-order valence-electron chi connectivity index (χ3n) is 4.27. The van der Waals surface area contributed by atoms with Crippen LogP contribution in [-0.4, -0.2) is 24.5 Å². The Morgan fingerprint density at radius 1 is 0.963 bits per heavy atom. The first-order chi connectivity index (χ1) is 13.1. The van der Waals surface area contributed by atoms with Crippen LogP contribution in [0.15, 0.2) is 59.6 Å². The monoisotopic (exact) mass is 366 g/mol. The Bertz CT molecular complexity index is 726. The number of hydrogen-bond acceptors (Lipinski definition) is 2. The van der Waals surface area contributed by atoms with E-state index in [1.165, 1.54) is 5.56 Å². The highest BCUT2D eigenvalue weighted by Crippen LogP contribution is 2.06. The summed E-state index contributed by atoms with van der Waals surface area (Å²) in [6.45, 7) is 8.19. The highest BCUT2D eigenvalue weighted by Gasteiger charge is 2.08. The second kappa shape index (κ2) is 11.0. The maximum absolute atomic E-state index is 12.1. The molecule has 0 aliphatic rings. The van der Waals surface area contributed by atoms with Crippen molar-refractivity contribution in [3.63, 3.8) is 0 Å². The highest BCUT2D eigenvalue weighted by molar-refractivity contribution is 5.94. The van der Waals surface area contributed by atoms with E-state index in [4.69, 9.17) is 0 Å². The van der Waals surface area contributed by atoms with Crippen LogP contribution < -0.4 is 16.0 Å². The number of rotatable bonds is 8. The highest BCUT2D eigenvalue weighted by atomic mass is 16.1. The van der Waals surface area contributed by atoms with Gasteiger partial charge in [0.25, 0.3) is 5.91 Å². The van der Waals surface area contributed by atoms with Gasteiger partial charge in [0.15, 0.2) is 5.96 Å². The fourth-order valence-electron chi connectivity index (χ4n) is 2.46. The van der Waals surface area contributed by atoms with Gasteiger partial charge in [0.1, 0.15) is 0 Å². The number of hydrogen-bond donors (Lipinski definition) is 3. The van der Waals surface area contributed by atoms with Gasteiger partial charge in [-0.2, -0.15) is 0 Å². The van der Waals surface area contributed by atoms with Crippen LogP contribution in [0, 0.1) is 0 Å². The van der Waals surface area contributed by atoms with Gasteiger partial charge >= 0.3 is 0 Å². The third-order valence-corrected chi connectivity index (χ3v) is 4.27. The topological polar surface area (TPSA) is 65.5 Å². The van der Waals surface area contributed by atoms with Gasteiger partial charge in [0.2, 0.25) is 0 Å². The van der Waals surface area contributed by atoms with E-state index in [1.54, 1.807) is 0 Å². The van der Waals surface area contributed by atoms with Crippen molar-refractivity contribution in [3.8, 4) is 0 Å². The molecule has 27 heavy (non-hydrogen) atoms. The quantitative estimate of drug-likeness (QED) is 0.495. The molecule has 1 amide bonds. The van der Waals surface area contributed by atoms with Crippen LogP contribution in [0.1, 0.15) is 48.7 Å². The van der Waals surface area contributed by atoms with E-state index in [1.807, 2.05) is 56.3 Å². The zero-order chi connectivity index (χ0) is 19.5. The molecule has 1 unspecified atom stereocenters. The Balaban J connectivity index is 1.91. The van der Waals surface area contributed by atoms with E-state index < -0.39 is 0 Å². The summed E-state index contributed by atoms with van der Waals surface area (Å²) in [6, 6.07) is 18.0. The average molecular weight is 367 g/mol. The Hall–Kier alpha value is -2.82. The third kappa shape index (κ3) is 7.13. The van der Waals surface area contributed by atoms with Crippen molar-refractivity contribution in [1.82, 2.24) is 16.0 Å². The number of amides is 1. The van der Waals surface area contributed by atoms with Gasteiger partial charge in [0, 0.05) is 24.7 Å². The smallest absolute Gasteiger partial charge is 0.251 e. The fraction of sp³-hybridized carbons (Fsp3) is 0.364. The lowest BCUT2D eigenvalue weighted by molar-refractivity contribution is 0.0939. The van der Waals surface area contributed by atoms with Crippen LogP contribution in [0.2, 0.25) is 0 Å². The molecule has 0 aliphatic heterocycles. The molecule has 0 saturated carbocycles. The molecule has 0 radical (unpaired) electrons. The first-order valence-electron chi connectivity index (χ1n) is 9.58. The normalized spacial score (nSPS) is 12.3. The number of carbonyl (C=O) groups excluding carboxylic acids is 1. The van der Waals surface area contributed by atoms with Gasteiger partial charge in [-0.05, 0) is 43.5 Å². The van der Waals surface area contributed by atoms with E-state index >= 15 is 0 Å². The number of benzene rings is 2. The first kappa shape index (κ1) is 20.5. The van der Waals surface area contributed by atoms with E-state index in [0.717, 1.165) is 24.5 Å². The number of aliphatic imine (C=N–C) groups is 1. The standard InChI is InChI=1S/C22H30N4O/c1-4-17(3)26-21(27)20-13-11-19(12-14-20)16-25-22(23-5-2)24-15-18-9-7-6-8-10-18/h6-14,17H,4-5,15-16H2,1-3H3,(H,26,27)(H2,23,24,25). The molecule has 2 rings (SSSR count). The van der Waals surface area contributed by atoms with Gasteiger partial charge < -0.3 is 16.0 Å². The van der Waals surface area contributed by atoms with E-state index in [0.29, 0.717) is 18.7 Å². The van der Waals surface area contributed by atoms with Crippen molar-refractivity contribution in [2.24, 2.45) is 4.99 Å². The van der Waals surface area contributed by atoms with Crippen LogP contribution in [0.5, 0.6) is 0 Å². The van der Waals surface area contributed by atoms with Crippen molar-refractivity contribution >= 4 is 11.9 Å². The SMILES string of the molecule is CCNC(=NCc1ccccc1)NCc1ccc(C(=O)NC(C)CC)cc1. The summed E-state index contributed by atoms with van der Waals surface area (Å²) >= 11 is 0. The van der Waals surface area contributed by atoms with Crippen LogP contribution >= 0.6 is 0 Å². The summed E-state index contributed by atoms with van der Waals surface area (Å²) in [7, 11) is 0. The van der Waals surface area contributed by atoms with Gasteiger partial charge in [-0.3, -0.25) is 4.79 Å². The number of guanidine groups is 1. The summed E-state index contributed by atoms with van der Waals surface area (Å²) < 4.78 is 0. The van der Waals surface area contributed by atoms with Gasteiger partial charge in [0.05, 0.1) is 6.54 Å². The fourth-order valence-corrected chi connectivity index (χ4v) is 2.46. The molecule has 3 N–H and O–H groups in total.